The number of nitrogens with one attached hydrogen (secondary N) is 1. The highest BCUT2D eigenvalue weighted by Crippen LogP contribution is 2.16. The first-order valence-electron chi connectivity index (χ1n) is 8.23. The normalized spacial score (nSPS) is 12.2. The molecule has 0 saturated carbocycles. The molecular weight excluding hydrogens is 386 g/mol. The van der Waals surface area contributed by atoms with Crippen molar-refractivity contribution in [3.05, 3.63) is 72.6 Å². The van der Waals surface area contributed by atoms with Crippen LogP contribution in [-0.2, 0) is 26.4 Å². The maximum Gasteiger partial charge on any atom is 0.240 e. The van der Waals surface area contributed by atoms with Gasteiger partial charge in [-0.1, -0.05) is 19.1 Å². The summed E-state index contributed by atoms with van der Waals surface area (Å²) in [5.41, 5.74) is 1.60. The van der Waals surface area contributed by atoms with E-state index in [-0.39, 0.29) is 22.1 Å². The second-order valence-electron chi connectivity index (χ2n) is 5.82. The van der Waals surface area contributed by atoms with Crippen LogP contribution in [0.5, 0.6) is 0 Å². The lowest BCUT2D eigenvalue weighted by Gasteiger charge is -2.09. The highest BCUT2D eigenvalue weighted by atomic mass is 32.2. The third-order valence-electron chi connectivity index (χ3n) is 4.02. The van der Waals surface area contributed by atoms with Gasteiger partial charge in [0.15, 0.2) is 9.84 Å². The Morgan fingerprint density at radius 1 is 0.963 bits per heavy atom. The molecule has 0 unspecified atom stereocenters. The molecule has 27 heavy (non-hydrogen) atoms. The van der Waals surface area contributed by atoms with Crippen molar-refractivity contribution < 1.29 is 16.8 Å². The van der Waals surface area contributed by atoms with Gasteiger partial charge in [-0.3, -0.25) is 0 Å². The zero-order valence-electron chi connectivity index (χ0n) is 14.6. The van der Waals surface area contributed by atoms with E-state index in [0.717, 1.165) is 11.3 Å². The zero-order valence-corrected chi connectivity index (χ0v) is 16.2. The van der Waals surface area contributed by atoms with Crippen LogP contribution < -0.4 is 4.72 Å². The Kier molecular flexibility index (Phi) is 5.45. The number of aromatic nitrogens is 2. The van der Waals surface area contributed by atoms with E-state index >= 15 is 0 Å². The van der Waals surface area contributed by atoms with Crippen molar-refractivity contribution in [3.8, 4) is 5.69 Å². The van der Waals surface area contributed by atoms with E-state index in [1.807, 2.05) is 24.3 Å². The summed E-state index contributed by atoms with van der Waals surface area (Å²) in [4.78, 5) is 0.122. The summed E-state index contributed by atoms with van der Waals surface area (Å²) >= 11 is 0. The van der Waals surface area contributed by atoms with Crippen molar-refractivity contribution in [2.75, 3.05) is 5.75 Å². The van der Waals surface area contributed by atoms with E-state index in [9.17, 15) is 16.8 Å². The van der Waals surface area contributed by atoms with E-state index in [2.05, 4.69) is 9.82 Å². The van der Waals surface area contributed by atoms with Gasteiger partial charge in [0.25, 0.3) is 0 Å². The van der Waals surface area contributed by atoms with Crippen LogP contribution in [0.3, 0.4) is 0 Å². The summed E-state index contributed by atoms with van der Waals surface area (Å²) < 4.78 is 52.8. The van der Waals surface area contributed by atoms with Crippen molar-refractivity contribution >= 4 is 19.9 Å². The van der Waals surface area contributed by atoms with Gasteiger partial charge in [0.1, 0.15) is 0 Å². The summed E-state index contributed by atoms with van der Waals surface area (Å²) in [6.07, 6.45) is 3.47. The first-order valence-corrected chi connectivity index (χ1v) is 11.4. The molecule has 0 fully saturated rings. The van der Waals surface area contributed by atoms with Crippen molar-refractivity contribution in [3.63, 3.8) is 0 Å². The van der Waals surface area contributed by atoms with Crippen LogP contribution in [0.15, 0.2) is 76.8 Å². The molecule has 0 amide bonds. The van der Waals surface area contributed by atoms with Crippen LogP contribution in [0, 0.1) is 0 Å². The number of hydrogen-bond donors (Lipinski definition) is 1. The molecule has 142 valence electrons. The van der Waals surface area contributed by atoms with Crippen LogP contribution in [0.4, 0.5) is 0 Å². The number of sulfonamides is 1. The lowest BCUT2D eigenvalue weighted by molar-refractivity contribution is 0.580. The van der Waals surface area contributed by atoms with Gasteiger partial charge < -0.3 is 0 Å². The van der Waals surface area contributed by atoms with Crippen molar-refractivity contribution in [2.45, 2.75) is 23.3 Å². The molecule has 0 aliphatic carbocycles. The molecule has 1 N–H and O–H groups in total. The number of sulfone groups is 1. The van der Waals surface area contributed by atoms with Gasteiger partial charge in [0, 0.05) is 18.9 Å². The topological polar surface area (TPSA) is 98.1 Å². The number of nitrogens with zero attached hydrogens (tertiary/aromatic N) is 2. The van der Waals surface area contributed by atoms with E-state index in [0.29, 0.717) is 0 Å². The van der Waals surface area contributed by atoms with Gasteiger partial charge in [-0.25, -0.2) is 26.2 Å². The molecule has 0 aliphatic rings. The molecule has 1 aromatic heterocycles. The third kappa shape index (κ3) is 4.44. The summed E-state index contributed by atoms with van der Waals surface area (Å²) in [6.45, 7) is 1.64. The van der Waals surface area contributed by atoms with E-state index in [4.69, 9.17) is 0 Å². The molecule has 0 radical (unpaired) electrons. The number of hydrogen-bond acceptors (Lipinski definition) is 5. The van der Waals surface area contributed by atoms with Crippen molar-refractivity contribution in [2.24, 2.45) is 0 Å². The van der Waals surface area contributed by atoms with Crippen molar-refractivity contribution in [1.29, 1.82) is 0 Å². The summed E-state index contributed by atoms with van der Waals surface area (Å²) in [5, 5.41) is 4.15. The molecule has 9 heteroatoms. The maximum atomic E-state index is 12.5. The van der Waals surface area contributed by atoms with Gasteiger partial charge in [0.05, 0.1) is 21.2 Å². The third-order valence-corrected chi connectivity index (χ3v) is 7.19. The lowest BCUT2D eigenvalue weighted by atomic mass is 10.2. The monoisotopic (exact) mass is 405 g/mol. The van der Waals surface area contributed by atoms with Gasteiger partial charge >= 0.3 is 0 Å². The van der Waals surface area contributed by atoms with Crippen LogP contribution in [0.1, 0.15) is 12.5 Å². The Morgan fingerprint density at radius 3 is 2.30 bits per heavy atom. The first-order chi connectivity index (χ1) is 12.8. The Balaban J connectivity index is 1.75. The summed E-state index contributed by atoms with van der Waals surface area (Å²) in [7, 11) is -7.13. The second-order valence-corrected chi connectivity index (χ2v) is 9.87. The maximum absolute atomic E-state index is 12.5. The first kappa shape index (κ1) is 19.3. The largest absolute Gasteiger partial charge is 0.241 e. The fraction of sp³-hybridized carbons (Fsp3) is 0.167. The minimum atomic E-state index is -3.76. The zero-order chi connectivity index (χ0) is 19.5. The Hall–Kier alpha value is -2.49. The fourth-order valence-corrected chi connectivity index (χ4v) is 4.39. The van der Waals surface area contributed by atoms with Gasteiger partial charge in [-0.05, 0) is 48.0 Å². The smallest absolute Gasteiger partial charge is 0.240 e. The highest BCUT2D eigenvalue weighted by molar-refractivity contribution is 7.91. The van der Waals surface area contributed by atoms with Crippen LogP contribution >= 0.6 is 0 Å². The quantitative estimate of drug-likeness (QED) is 0.649. The number of rotatable bonds is 7. The SMILES string of the molecule is CCS(=O)(=O)c1ccc(S(=O)(=O)NCc2cccc(-n3cccn3)c2)cc1. The van der Waals surface area contributed by atoms with Crippen LogP contribution in [-0.4, -0.2) is 32.4 Å². The molecule has 1 heterocycles. The predicted molar refractivity (Wildman–Crippen MR) is 102 cm³/mol. The molecule has 3 rings (SSSR count). The number of benzene rings is 2. The average Bonchev–Trinajstić information content (AvgIpc) is 3.22. The van der Waals surface area contributed by atoms with Crippen LogP contribution in [0.2, 0.25) is 0 Å². The van der Waals surface area contributed by atoms with E-state index in [1.54, 1.807) is 30.1 Å². The molecule has 0 bridgehead atoms. The highest BCUT2D eigenvalue weighted by Gasteiger charge is 2.16. The molecule has 7 nitrogen and oxygen atoms in total. The standard InChI is InChI=1S/C18H19N3O4S2/c1-2-26(22,23)17-7-9-18(10-8-17)27(24,25)20-14-15-5-3-6-16(13-15)21-12-4-11-19-21/h3-13,20H,2,14H2,1H3. The van der Waals surface area contributed by atoms with E-state index in [1.165, 1.54) is 24.3 Å². The van der Waals surface area contributed by atoms with Crippen LogP contribution in [0.25, 0.3) is 5.69 Å². The van der Waals surface area contributed by atoms with Gasteiger partial charge in [-0.15, -0.1) is 0 Å². The van der Waals surface area contributed by atoms with Gasteiger partial charge in [0.2, 0.25) is 10.0 Å². The molecule has 0 atom stereocenters. The molecular formula is C18H19N3O4S2. The van der Waals surface area contributed by atoms with Crippen molar-refractivity contribution in [1.82, 2.24) is 14.5 Å². The lowest BCUT2D eigenvalue weighted by Crippen LogP contribution is -2.23. The Bertz CT molecular complexity index is 1120. The molecule has 0 spiro atoms. The minimum absolute atomic E-state index is 0.0146. The second kappa shape index (κ2) is 7.63. The minimum Gasteiger partial charge on any atom is -0.241 e. The Labute approximate surface area is 158 Å². The molecule has 3 aromatic rings. The van der Waals surface area contributed by atoms with E-state index < -0.39 is 19.9 Å². The summed E-state index contributed by atoms with van der Waals surface area (Å²) in [5.74, 6) is -0.0378. The molecule has 0 aliphatic heterocycles. The predicted octanol–water partition coefficient (Wildman–Crippen LogP) is 2.14. The summed E-state index contributed by atoms with van der Waals surface area (Å²) in [6, 6.07) is 14.4. The average molecular weight is 406 g/mol. The van der Waals surface area contributed by atoms with Gasteiger partial charge in [-0.2, -0.15) is 5.10 Å². The molecule has 0 saturated heterocycles. The Morgan fingerprint density at radius 2 is 1.67 bits per heavy atom. The fourth-order valence-electron chi connectivity index (χ4n) is 2.48. The molecule has 2 aromatic carbocycles.